The van der Waals surface area contributed by atoms with Gasteiger partial charge in [-0.15, -0.1) is 0 Å². The third-order valence-corrected chi connectivity index (χ3v) is 3.75. The topological polar surface area (TPSA) is 29.9 Å². The highest BCUT2D eigenvalue weighted by Crippen LogP contribution is 2.23. The maximum atomic E-state index is 14.1. The Kier molecular flexibility index (Phi) is 3.90. The first-order chi connectivity index (χ1) is 10.2. The van der Waals surface area contributed by atoms with Gasteiger partial charge >= 0.3 is 0 Å². The minimum Gasteiger partial charge on any atom is -0.328 e. The molecule has 0 amide bonds. The number of pyridine rings is 1. The van der Waals surface area contributed by atoms with Gasteiger partial charge in [-0.05, 0) is 30.8 Å². The molecule has 0 aliphatic carbocycles. The van der Waals surface area contributed by atoms with Gasteiger partial charge in [0.25, 0.3) is 0 Å². The number of nitrogens with zero attached hydrogens (tertiary/aromatic N) is 2. The Morgan fingerprint density at radius 3 is 2.90 bits per heavy atom. The van der Waals surface area contributed by atoms with Crippen molar-refractivity contribution >= 4 is 22.6 Å². The van der Waals surface area contributed by atoms with Crippen molar-refractivity contribution in [3.8, 4) is 0 Å². The lowest BCUT2D eigenvalue weighted by molar-refractivity contribution is 0.601. The van der Waals surface area contributed by atoms with E-state index >= 15 is 0 Å². The summed E-state index contributed by atoms with van der Waals surface area (Å²) in [4.78, 5) is 4.41. The quantitative estimate of drug-likeness (QED) is 0.798. The van der Waals surface area contributed by atoms with E-state index in [1.165, 1.54) is 0 Å². The first-order valence-corrected chi connectivity index (χ1v) is 7.08. The highest BCUT2D eigenvalue weighted by molar-refractivity contribution is 6.30. The van der Waals surface area contributed by atoms with Gasteiger partial charge in [-0.1, -0.05) is 23.7 Å². The monoisotopic (exact) mass is 303 g/mol. The van der Waals surface area contributed by atoms with Gasteiger partial charge in [-0.25, -0.2) is 9.37 Å². The molecule has 0 saturated carbocycles. The first-order valence-electron chi connectivity index (χ1n) is 6.71. The van der Waals surface area contributed by atoms with Crippen LogP contribution < -0.4 is 5.32 Å². The molecular formula is C16H15ClFN3. The van der Waals surface area contributed by atoms with Crippen molar-refractivity contribution in [2.45, 2.75) is 13.1 Å². The third kappa shape index (κ3) is 2.64. The van der Waals surface area contributed by atoms with Gasteiger partial charge in [0, 0.05) is 29.9 Å². The molecule has 2 heterocycles. The van der Waals surface area contributed by atoms with Crippen LogP contribution in [0.15, 0.2) is 42.7 Å². The Balaban J connectivity index is 2.06. The standard InChI is InChI=1S/C16H15ClFN3/c1-19-8-12-10-21(16-13(12)5-3-7-20-16)9-11-4-2-6-14(17)15(11)18/h2-7,10,19H,8-9H2,1H3. The summed E-state index contributed by atoms with van der Waals surface area (Å²) in [6.45, 7) is 1.15. The van der Waals surface area contributed by atoms with E-state index in [0.717, 1.165) is 23.1 Å². The van der Waals surface area contributed by atoms with Crippen LogP contribution in [0.1, 0.15) is 11.1 Å². The van der Waals surface area contributed by atoms with Crippen molar-refractivity contribution < 1.29 is 4.39 Å². The molecule has 5 heteroatoms. The number of hydrogen-bond donors (Lipinski definition) is 1. The maximum absolute atomic E-state index is 14.1. The normalized spacial score (nSPS) is 11.2. The number of halogens is 2. The molecule has 0 saturated heterocycles. The second-order valence-corrected chi connectivity index (χ2v) is 5.31. The summed E-state index contributed by atoms with van der Waals surface area (Å²) < 4.78 is 16.0. The van der Waals surface area contributed by atoms with E-state index < -0.39 is 0 Å². The fourth-order valence-corrected chi connectivity index (χ4v) is 2.70. The number of aromatic nitrogens is 2. The molecule has 0 radical (unpaired) electrons. The summed E-state index contributed by atoms with van der Waals surface area (Å²) in [5.41, 5.74) is 2.55. The molecule has 108 valence electrons. The zero-order valence-electron chi connectivity index (χ0n) is 11.6. The van der Waals surface area contributed by atoms with E-state index in [1.807, 2.05) is 29.9 Å². The van der Waals surface area contributed by atoms with Crippen molar-refractivity contribution in [2.75, 3.05) is 7.05 Å². The second kappa shape index (κ2) is 5.84. The molecule has 0 bridgehead atoms. The van der Waals surface area contributed by atoms with Crippen LogP contribution in [-0.2, 0) is 13.1 Å². The number of rotatable bonds is 4. The summed E-state index contributed by atoms with van der Waals surface area (Å²) in [7, 11) is 1.90. The van der Waals surface area contributed by atoms with Crippen molar-refractivity contribution in [3.05, 3.63) is 64.7 Å². The number of nitrogens with one attached hydrogen (secondary N) is 1. The van der Waals surface area contributed by atoms with Gasteiger partial charge in [-0.2, -0.15) is 0 Å². The summed E-state index contributed by atoms with van der Waals surface area (Å²) in [6, 6.07) is 8.99. The average molecular weight is 304 g/mol. The highest BCUT2D eigenvalue weighted by Gasteiger charge is 2.12. The molecule has 2 aromatic heterocycles. The smallest absolute Gasteiger partial charge is 0.146 e. The molecule has 0 fully saturated rings. The fourth-order valence-electron chi connectivity index (χ4n) is 2.50. The maximum Gasteiger partial charge on any atom is 0.146 e. The van der Waals surface area contributed by atoms with E-state index in [4.69, 9.17) is 11.6 Å². The molecule has 3 aromatic rings. The van der Waals surface area contributed by atoms with Crippen LogP contribution in [-0.4, -0.2) is 16.6 Å². The van der Waals surface area contributed by atoms with E-state index in [9.17, 15) is 4.39 Å². The molecule has 0 spiro atoms. The predicted molar refractivity (Wildman–Crippen MR) is 83.0 cm³/mol. The number of benzene rings is 1. The number of hydrogen-bond acceptors (Lipinski definition) is 2. The summed E-state index contributed by atoms with van der Waals surface area (Å²) in [6.07, 6.45) is 3.75. The molecule has 0 aliphatic rings. The van der Waals surface area contributed by atoms with Crippen LogP contribution in [0.2, 0.25) is 5.02 Å². The van der Waals surface area contributed by atoms with Gasteiger partial charge in [0.05, 0.1) is 11.6 Å². The van der Waals surface area contributed by atoms with Gasteiger partial charge in [0.1, 0.15) is 11.5 Å². The molecule has 1 aromatic carbocycles. The van der Waals surface area contributed by atoms with E-state index in [1.54, 1.807) is 24.4 Å². The minimum absolute atomic E-state index is 0.146. The Hall–Kier alpha value is -1.91. The minimum atomic E-state index is -0.368. The molecule has 1 N–H and O–H groups in total. The predicted octanol–water partition coefficient (Wildman–Crippen LogP) is 3.60. The molecular weight excluding hydrogens is 289 g/mol. The molecule has 0 unspecified atom stereocenters. The lowest BCUT2D eigenvalue weighted by Gasteiger charge is -2.07. The van der Waals surface area contributed by atoms with Crippen molar-refractivity contribution in [1.82, 2.24) is 14.9 Å². The Morgan fingerprint density at radius 2 is 2.10 bits per heavy atom. The summed E-state index contributed by atoms with van der Waals surface area (Å²) in [5, 5.41) is 4.36. The van der Waals surface area contributed by atoms with Gasteiger partial charge in [-0.3, -0.25) is 0 Å². The lowest BCUT2D eigenvalue weighted by atomic mass is 10.2. The third-order valence-electron chi connectivity index (χ3n) is 3.46. The largest absolute Gasteiger partial charge is 0.328 e. The highest BCUT2D eigenvalue weighted by atomic mass is 35.5. The molecule has 3 rings (SSSR count). The van der Waals surface area contributed by atoms with Gasteiger partial charge in [0.15, 0.2) is 0 Å². The first kappa shape index (κ1) is 14.0. The van der Waals surface area contributed by atoms with E-state index in [-0.39, 0.29) is 10.8 Å². The van der Waals surface area contributed by atoms with Gasteiger partial charge < -0.3 is 9.88 Å². The van der Waals surface area contributed by atoms with Crippen LogP contribution >= 0.6 is 11.6 Å². The molecule has 3 nitrogen and oxygen atoms in total. The zero-order valence-corrected chi connectivity index (χ0v) is 12.4. The van der Waals surface area contributed by atoms with E-state index in [0.29, 0.717) is 12.1 Å². The average Bonchev–Trinajstić information content (AvgIpc) is 2.83. The molecule has 0 atom stereocenters. The second-order valence-electron chi connectivity index (χ2n) is 4.90. The zero-order chi connectivity index (χ0) is 14.8. The Morgan fingerprint density at radius 1 is 1.24 bits per heavy atom. The molecule has 0 aliphatic heterocycles. The van der Waals surface area contributed by atoms with Crippen molar-refractivity contribution in [1.29, 1.82) is 0 Å². The van der Waals surface area contributed by atoms with Crippen LogP contribution in [0.4, 0.5) is 4.39 Å². The van der Waals surface area contributed by atoms with Crippen LogP contribution in [0.25, 0.3) is 11.0 Å². The lowest BCUT2D eigenvalue weighted by Crippen LogP contribution is -2.04. The Bertz CT molecular complexity index is 782. The number of fused-ring (bicyclic) bond motifs is 1. The van der Waals surface area contributed by atoms with Crippen molar-refractivity contribution in [2.24, 2.45) is 0 Å². The van der Waals surface area contributed by atoms with Crippen LogP contribution in [0.3, 0.4) is 0 Å². The van der Waals surface area contributed by atoms with Crippen molar-refractivity contribution in [3.63, 3.8) is 0 Å². The SMILES string of the molecule is CNCc1cn(Cc2cccc(Cl)c2F)c2ncccc12. The van der Waals surface area contributed by atoms with E-state index in [2.05, 4.69) is 10.3 Å². The van der Waals surface area contributed by atoms with Gasteiger partial charge in [0.2, 0.25) is 0 Å². The van der Waals surface area contributed by atoms with Crippen LogP contribution in [0, 0.1) is 5.82 Å². The summed E-state index contributed by atoms with van der Waals surface area (Å²) in [5.74, 6) is -0.368. The Labute approximate surface area is 127 Å². The van der Waals surface area contributed by atoms with Crippen LogP contribution in [0.5, 0.6) is 0 Å². The summed E-state index contributed by atoms with van der Waals surface area (Å²) >= 11 is 5.84. The fraction of sp³-hybridized carbons (Fsp3) is 0.188. The molecule has 21 heavy (non-hydrogen) atoms.